The summed E-state index contributed by atoms with van der Waals surface area (Å²) in [5, 5.41) is 14.6. The van der Waals surface area contributed by atoms with Crippen LogP contribution in [0.15, 0.2) is 255 Å². The van der Waals surface area contributed by atoms with Gasteiger partial charge in [0, 0.05) is 34.1 Å². The Hall–Kier alpha value is -9.50. The van der Waals surface area contributed by atoms with Gasteiger partial charge in [-0.1, -0.05) is 182 Å². The second-order valence-electron chi connectivity index (χ2n) is 20.7. The quantitative estimate of drug-likeness (QED) is 0.140. The molecule has 76 heavy (non-hydrogen) atoms. The van der Waals surface area contributed by atoms with Gasteiger partial charge in [-0.15, -0.1) is 0 Å². The number of fused-ring (bicyclic) bond motifs is 8. The molecule has 15 rings (SSSR count). The summed E-state index contributed by atoms with van der Waals surface area (Å²) in [6, 6.07) is 91.4. The van der Waals surface area contributed by atoms with E-state index in [2.05, 4.69) is 277 Å². The van der Waals surface area contributed by atoms with Crippen molar-refractivity contribution in [2.24, 2.45) is 0 Å². The highest BCUT2D eigenvalue weighted by molar-refractivity contribution is 6.23. The molecule has 0 saturated carbocycles. The van der Waals surface area contributed by atoms with E-state index in [1.807, 2.05) is 0 Å². The summed E-state index contributed by atoms with van der Waals surface area (Å²) in [7, 11) is 0. The third-order valence-electron chi connectivity index (χ3n) is 16.2. The van der Waals surface area contributed by atoms with Crippen LogP contribution in [0, 0.1) is 0 Å². The lowest BCUT2D eigenvalue weighted by Crippen LogP contribution is -2.12. The average Bonchev–Trinajstić information content (AvgIpc) is 3.53. The van der Waals surface area contributed by atoms with Gasteiger partial charge in [-0.05, 0) is 220 Å². The van der Waals surface area contributed by atoms with Gasteiger partial charge in [-0.25, -0.2) is 0 Å². The molecule has 0 N–H and O–H groups in total. The van der Waals surface area contributed by atoms with E-state index >= 15 is 0 Å². The molecule has 0 amide bonds. The van der Waals surface area contributed by atoms with Crippen molar-refractivity contribution in [1.29, 1.82) is 0 Å². The number of allylic oxidation sites excluding steroid dienone is 2. The largest absolute Gasteiger partial charge is 0.310 e. The molecular weight excluding hydrogens is 917 g/mol. The van der Waals surface area contributed by atoms with Crippen LogP contribution in [0.4, 0.5) is 34.1 Å². The number of rotatable bonds is 8. The smallest absolute Gasteiger partial charge is 0.0468 e. The Balaban J connectivity index is 1.04. The number of benzene rings is 13. The molecule has 2 nitrogen and oxygen atoms in total. The molecule has 0 spiro atoms. The van der Waals surface area contributed by atoms with Gasteiger partial charge >= 0.3 is 0 Å². The summed E-state index contributed by atoms with van der Waals surface area (Å²) in [5.41, 5.74) is 17.0. The van der Waals surface area contributed by atoms with Gasteiger partial charge in [0.25, 0.3) is 0 Å². The lowest BCUT2D eigenvalue weighted by Gasteiger charge is -2.29. The molecule has 0 fully saturated rings. The highest BCUT2D eigenvalue weighted by atomic mass is 15.1. The number of nitrogens with zero attached hydrogens (tertiary/aromatic N) is 2. The fourth-order valence-corrected chi connectivity index (χ4v) is 12.4. The molecule has 0 heterocycles. The van der Waals surface area contributed by atoms with E-state index in [4.69, 9.17) is 0 Å². The number of anilines is 6. The van der Waals surface area contributed by atoms with Crippen molar-refractivity contribution in [2.75, 3.05) is 9.80 Å². The third kappa shape index (κ3) is 7.64. The Bertz CT molecular complexity index is 4480. The van der Waals surface area contributed by atoms with Gasteiger partial charge in [0.1, 0.15) is 0 Å². The van der Waals surface area contributed by atoms with E-state index in [9.17, 15) is 0 Å². The Kier molecular flexibility index (Phi) is 10.5. The predicted molar refractivity (Wildman–Crippen MR) is 326 cm³/mol. The van der Waals surface area contributed by atoms with E-state index in [1.54, 1.807) is 0 Å². The van der Waals surface area contributed by atoms with Gasteiger partial charge in [-0.2, -0.15) is 0 Å². The summed E-state index contributed by atoms with van der Waals surface area (Å²) >= 11 is 0. The Morgan fingerprint density at radius 3 is 1.16 bits per heavy atom. The lowest BCUT2D eigenvalue weighted by atomic mass is 9.84. The van der Waals surface area contributed by atoms with Gasteiger partial charge in [-0.3, -0.25) is 0 Å². The molecule has 0 saturated heterocycles. The Morgan fingerprint density at radius 2 is 0.632 bits per heavy atom. The monoisotopic (exact) mass is 968 g/mol. The van der Waals surface area contributed by atoms with Crippen LogP contribution >= 0.6 is 0 Å². The average molecular weight is 969 g/mol. The topological polar surface area (TPSA) is 6.48 Å². The van der Waals surface area contributed by atoms with Crippen molar-refractivity contribution in [3.05, 3.63) is 277 Å². The van der Waals surface area contributed by atoms with Crippen LogP contribution in [-0.4, -0.2) is 0 Å². The maximum absolute atomic E-state index is 2.50. The zero-order valence-corrected chi connectivity index (χ0v) is 42.1. The van der Waals surface area contributed by atoms with Crippen LogP contribution in [0.3, 0.4) is 0 Å². The van der Waals surface area contributed by atoms with E-state index in [-0.39, 0.29) is 0 Å². The molecular formula is C74H52N2. The second-order valence-corrected chi connectivity index (χ2v) is 20.7. The van der Waals surface area contributed by atoms with E-state index in [1.165, 1.54) is 115 Å². The van der Waals surface area contributed by atoms with E-state index < -0.39 is 0 Å². The fourth-order valence-electron chi connectivity index (χ4n) is 12.4. The van der Waals surface area contributed by atoms with Gasteiger partial charge in [0.2, 0.25) is 0 Å². The zero-order chi connectivity index (χ0) is 50.1. The number of aryl methyl sites for hydroxylation is 2. The highest BCUT2D eigenvalue weighted by Gasteiger charge is 2.24. The SMILES string of the molecule is C1=Cc2cc(N(c3ccc4c(c3)CCC=C4)c3ccc4c(-c5ccc6ccccc6c5)c5cc(N(c6ccc7ccccc7c6)c6ccc7ccccc7c6)ccc5c(-c5ccc6ccccc6c5)c4c3)ccc2CC1. The molecule has 0 bridgehead atoms. The lowest BCUT2D eigenvalue weighted by molar-refractivity contribution is 0.982. The molecule has 13 aromatic rings. The van der Waals surface area contributed by atoms with Crippen LogP contribution < -0.4 is 9.80 Å². The molecule has 0 atom stereocenters. The second kappa shape index (κ2) is 18.2. The molecule has 0 aromatic heterocycles. The first-order valence-electron chi connectivity index (χ1n) is 26.8. The van der Waals surface area contributed by atoms with Crippen LogP contribution in [0.25, 0.3) is 99.0 Å². The molecule has 0 aliphatic heterocycles. The first-order chi connectivity index (χ1) is 37.6. The van der Waals surface area contributed by atoms with Gasteiger partial charge in [0.15, 0.2) is 0 Å². The first-order valence-corrected chi connectivity index (χ1v) is 26.8. The summed E-state index contributed by atoms with van der Waals surface area (Å²) < 4.78 is 0. The predicted octanol–water partition coefficient (Wildman–Crippen LogP) is 20.8. The maximum Gasteiger partial charge on any atom is 0.0468 e. The fraction of sp³-hybridized carbons (Fsp3) is 0.0541. The molecule has 2 aliphatic carbocycles. The Labute approximate surface area is 443 Å². The van der Waals surface area contributed by atoms with Crippen LogP contribution in [0.2, 0.25) is 0 Å². The standard InChI is InChI=1S/C74H52N2/c1-7-19-55-41-61(27-25-49(55)13-1)73-69-39-37-68(76(65-35-31-53-17-5-11-23-59(53)45-65)66-36-32-54-18-6-12-24-60(54)46-66)48-72(69)74(62-28-26-50-14-2-8-20-56(50)42-62)70-40-38-67(47-71(70)73)75(63-33-29-51-15-3-9-21-57(51)43-63)64-34-30-52-16-4-10-22-58(52)44-64/h1-5,7-10,12-17,19-22,24-48H,6,11,18,23H2. The summed E-state index contributed by atoms with van der Waals surface area (Å²) in [4.78, 5) is 4.95. The maximum atomic E-state index is 2.50. The van der Waals surface area contributed by atoms with Crippen molar-refractivity contribution in [1.82, 2.24) is 0 Å². The van der Waals surface area contributed by atoms with E-state index in [0.717, 1.165) is 54.1 Å². The normalized spacial score (nSPS) is 12.9. The number of hydrogen-bond donors (Lipinski definition) is 0. The van der Waals surface area contributed by atoms with Gasteiger partial charge in [0.05, 0.1) is 0 Å². The van der Waals surface area contributed by atoms with Crippen molar-refractivity contribution in [3.8, 4) is 22.3 Å². The molecule has 358 valence electrons. The molecule has 0 unspecified atom stereocenters. The summed E-state index contributed by atoms with van der Waals surface area (Å²) in [6.07, 6.45) is 13.5. The third-order valence-corrected chi connectivity index (χ3v) is 16.2. The number of hydrogen-bond acceptors (Lipinski definition) is 2. The van der Waals surface area contributed by atoms with Crippen molar-refractivity contribution < 1.29 is 0 Å². The Morgan fingerprint density at radius 1 is 0.250 bits per heavy atom. The minimum absolute atomic E-state index is 1.03. The highest BCUT2D eigenvalue weighted by Crippen LogP contribution is 2.50. The van der Waals surface area contributed by atoms with Crippen molar-refractivity contribution in [2.45, 2.75) is 25.7 Å². The van der Waals surface area contributed by atoms with Crippen molar-refractivity contribution in [3.63, 3.8) is 0 Å². The molecule has 2 heteroatoms. The molecule has 13 aromatic carbocycles. The van der Waals surface area contributed by atoms with Crippen molar-refractivity contribution >= 4 is 111 Å². The molecule has 0 radical (unpaired) electrons. The molecule has 2 aliphatic rings. The summed E-state index contributed by atoms with van der Waals surface area (Å²) in [5.74, 6) is 0. The first kappa shape index (κ1) is 44.0. The zero-order valence-electron chi connectivity index (χ0n) is 42.1. The van der Waals surface area contributed by atoms with Gasteiger partial charge < -0.3 is 9.80 Å². The van der Waals surface area contributed by atoms with Crippen LogP contribution in [0.1, 0.15) is 35.1 Å². The van der Waals surface area contributed by atoms with E-state index in [0.29, 0.717) is 0 Å². The minimum Gasteiger partial charge on any atom is -0.310 e. The minimum atomic E-state index is 1.03. The van der Waals surface area contributed by atoms with Crippen LogP contribution in [0.5, 0.6) is 0 Å². The van der Waals surface area contributed by atoms with Crippen LogP contribution in [-0.2, 0) is 12.8 Å². The summed E-state index contributed by atoms with van der Waals surface area (Å²) in [6.45, 7) is 0.